The molecule has 328 valence electrons. The van der Waals surface area contributed by atoms with E-state index < -0.39 is 74.1 Å². The quantitative estimate of drug-likeness (QED) is 0.118. The van der Waals surface area contributed by atoms with Gasteiger partial charge in [0.05, 0.1) is 24.9 Å². The maximum atomic E-state index is 13.6. The van der Waals surface area contributed by atoms with Gasteiger partial charge in [-0.05, 0) is 117 Å². The second-order valence-corrected chi connectivity index (χ2v) is 19.5. The van der Waals surface area contributed by atoms with E-state index in [1.54, 1.807) is 0 Å². The molecule has 6 fully saturated rings. The third kappa shape index (κ3) is 8.89. The molecule has 6 rings (SSSR count). The Labute approximate surface area is 338 Å². The Morgan fingerprint density at radius 2 is 1.49 bits per heavy atom. The lowest BCUT2D eigenvalue weighted by molar-refractivity contribution is -0.361. The van der Waals surface area contributed by atoms with Gasteiger partial charge in [0, 0.05) is 25.3 Å². The molecule has 0 bridgehead atoms. The molecule has 2 aliphatic heterocycles. The average Bonchev–Trinajstić information content (AvgIpc) is 3.46. The molecule has 4 unspecified atom stereocenters. The zero-order chi connectivity index (χ0) is 41.6. The van der Waals surface area contributed by atoms with Crippen LogP contribution in [0.3, 0.4) is 0 Å². The predicted molar refractivity (Wildman–Crippen MR) is 207 cm³/mol. The first-order valence-electron chi connectivity index (χ1n) is 22.1. The van der Waals surface area contributed by atoms with Crippen LogP contribution in [0.25, 0.3) is 0 Å². The van der Waals surface area contributed by atoms with Gasteiger partial charge in [0.15, 0.2) is 12.6 Å². The number of aliphatic hydroxyl groups excluding tert-OH is 7. The molecule has 57 heavy (non-hydrogen) atoms. The third-order valence-corrected chi connectivity index (χ3v) is 16.0. The lowest BCUT2D eigenvalue weighted by atomic mass is 9.44. The van der Waals surface area contributed by atoms with Crippen molar-refractivity contribution in [1.82, 2.24) is 5.32 Å². The zero-order valence-corrected chi connectivity index (χ0v) is 34.9. The molecular weight excluding hydrogens is 738 g/mol. The zero-order valence-electron chi connectivity index (χ0n) is 34.9. The molecule has 0 spiro atoms. The molecule has 6 aliphatic rings. The van der Waals surface area contributed by atoms with Gasteiger partial charge in [-0.15, -0.1) is 0 Å². The monoisotopic (exact) mass is 812 g/mol. The van der Waals surface area contributed by atoms with E-state index in [2.05, 4.69) is 26.1 Å². The van der Waals surface area contributed by atoms with Crippen molar-refractivity contribution in [2.75, 3.05) is 13.2 Å². The van der Waals surface area contributed by atoms with Crippen LogP contribution >= 0.6 is 0 Å². The molecule has 14 heteroatoms. The fraction of sp³-hybridized carbons (Fsp3) is 0.953. The third-order valence-electron chi connectivity index (χ3n) is 16.0. The van der Waals surface area contributed by atoms with Gasteiger partial charge in [-0.3, -0.25) is 9.59 Å². The minimum atomic E-state index is -1.63. The summed E-state index contributed by atoms with van der Waals surface area (Å²) in [6.45, 7) is 12.3. The highest BCUT2D eigenvalue weighted by Gasteiger charge is 2.63. The minimum Gasteiger partial charge on any atom is -0.394 e. The first-order chi connectivity index (χ1) is 26.9. The van der Waals surface area contributed by atoms with E-state index in [1.807, 2.05) is 13.8 Å². The van der Waals surface area contributed by atoms with Crippen LogP contribution in [0.15, 0.2) is 0 Å². The van der Waals surface area contributed by atoms with Crippen LogP contribution in [-0.4, -0.2) is 134 Å². The highest BCUT2D eigenvalue weighted by Crippen LogP contribution is 2.68. The number of aliphatic hydroxyl groups is 7. The number of carbonyl (C=O) groups is 2. The van der Waals surface area contributed by atoms with Gasteiger partial charge in [-0.25, -0.2) is 0 Å². The lowest BCUT2D eigenvalue weighted by Gasteiger charge is -2.61. The van der Waals surface area contributed by atoms with Gasteiger partial charge in [0.1, 0.15) is 48.5 Å². The van der Waals surface area contributed by atoms with Gasteiger partial charge in [0.2, 0.25) is 5.91 Å². The summed E-state index contributed by atoms with van der Waals surface area (Å²) < 4.78 is 23.7. The topological polar surface area (TPSA) is 225 Å². The van der Waals surface area contributed by atoms with Gasteiger partial charge in [-0.2, -0.15) is 0 Å². The standard InChI is InChI=1S/C43H73NO13/c1-7-8-32(48)44-19-21(2)9-12-29(46)22(3)33-30(47)18-28-26-11-10-24-17-25(13-15-42(24,5)27(26)14-16-43(28,33)6)55-41-38(53)36(51)39(31(20-45)56-41)57-40-37(52)35(50)34(49)23(4)54-40/h21-28,30-31,33-41,45,47,49-53H,7-20H2,1-6H3,(H,44,48)/t21?,22?,23-,24?,25+,26-,27+,28+,30-,31-,33?,34+,35-,36-,37-,38-,39-,40+,41-,42+,43+/m1/s1. The normalized spacial score (nSPS) is 48.3. The molecule has 2 saturated heterocycles. The van der Waals surface area contributed by atoms with Crippen molar-refractivity contribution in [3.63, 3.8) is 0 Å². The van der Waals surface area contributed by atoms with Crippen molar-refractivity contribution in [2.24, 2.45) is 52.3 Å². The first-order valence-corrected chi connectivity index (χ1v) is 22.1. The Balaban J connectivity index is 1.03. The number of hydrogen-bond acceptors (Lipinski definition) is 13. The molecule has 14 nitrogen and oxygen atoms in total. The minimum absolute atomic E-state index is 0.0555. The van der Waals surface area contributed by atoms with E-state index in [-0.39, 0.29) is 46.4 Å². The van der Waals surface area contributed by atoms with Crippen LogP contribution in [0.5, 0.6) is 0 Å². The van der Waals surface area contributed by atoms with Crippen LogP contribution in [0.2, 0.25) is 0 Å². The van der Waals surface area contributed by atoms with E-state index in [4.69, 9.17) is 18.9 Å². The molecule has 4 aliphatic carbocycles. The highest BCUT2D eigenvalue weighted by atomic mass is 16.7. The number of rotatable bonds is 14. The highest BCUT2D eigenvalue weighted by molar-refractivity contribution is 5.81. The number of carbonyl (C=O) groups excluding carboxylic acids is 2. The first kappa shape index (κ1) is 45.2. The van der Waals surface area contributed by atoms with E-state index in [0.29, 0.717) is 43.1 Å². The molecule has 0 radical (unpaired) electrons. The summed E-state index contributed by atoms with van der Waals surface area (Å²) in [5.74, 6) is 1.86. The number of nitrogens with one attached hydrogen (secondary N) is 1. The fourth-order valence-corrected chi connectivity index (χ4v) is 12.6. The van der Waals surface area contributed by atoms with Crippen LogP contribution in [0.1, 0.15) is 119 Å². The van der Waals surface area contributed by atoms with Gasteiger partial charge in [-0.1, -0.05) is 34.6 Å². The summed E-state index contributed by atoms with van der Waals surface area (Å²) in [7, 11) is 0. The SMILES string of the molecule is CCCC(=O)NCC(C)CCC(=O)C(C)C1[C@H](O)C[C@H]2[C@@H]3CCC4C[C@@H](O[C@@H]5O[C@H](CO)[C@@H](O[C@@H]6O[C@H](C)[C@H](O)[C@@H](O)[C@H]6O)[C@H](O)[C@H]5O)CC[C@]4(C)[C@H]3CC[C@]12C. The predicted octanol–water partition coefficient (Wildman–Crippen LogP) is 2.19. The van der Waals surface area contributed by atoms with Crippen LogP contribution in [0, 0.1) is 52.3 Å². The van der Waals surface area contributed by atoms with Crippen molar-refractivity contribution < 1.29 is 64.3 Å². The van der Waals surface area contributed by atoms with Gasteiger partial charge < -0.3 is 60.0 Å². The smallest absolute Gasteiger partial charge is 0.219 e. The Bertz CT molecular complexity index is 1370. The Hall–Kier alpha value is -1.30. The van der Waals surface area contributed by atoms with Crippen molar-refractivity contribution in [2.45, 2.75) is 192 Å². The molecule has 8 N–H and O–H groups in total. The number of ether oxygens (including phenoxy) is 4. The summed E-state index contributed by atoms with van der Waals surface area (Å²) >= 11 is 0. The Kier molecular flexibility index (Phi) is 14.6. The summed E-state index contributed by atoms with van der Waals surface area (Å²) in [6.07, 6.45) is -4.57. The van der Waals surface area contributed by atoms with Crippen molar-refractivity contribution >= 4 is 11.7 Å². The largest absolute Gasteiger partial charge is 0.394 e. The maximum absolute atomic E-state index is 13.6. The van der Waals surface area contributed by atoms with Gasteiger partial charge in [0.25, 0.3) is 0 Å². The summed E-state index contributed by atoms with van der Waals surface area (Å²) in [5.41, 5.74) is -0.0367. The number of hydrogen-bond donors (Lipinski definition) is 8. The molecule has 21 atom stereocenters. The van der Waals surface area contributed by atoms with Crippen LogP contribution in [-0.2, 0) is 28.5 Å². The second kappa shape index (κ2) is 18.4. The fourth-order valence-electron chi connectivity index (χ4n) is 12.6. The second-order valence-electron chi connectivity index (χ2n) is 19.5. The molecule has 0 aromatic heterocycles. The average molecular weight is 812 g/mol. The summed E-state index contributed by atoms with van der Waals surface area (Å²) in [6, 6.07) is 0. The summed E-state index contributed by atoms with van der Waals surface area (Å²) in [4.78, 5) is 25.6. The van der Waals surface area contributed by atoms with E-state index in [9.17, 15) is 45.3 Å². The number of fused-ring (bicyclic) bond motifs is 5. The summed E-state index contributed by atoms with van der Waals surface area (Å²) in [5, 5.41) is 77.8. The molecule has 4 saturated carbocycles. The van der Waals surface area contributed by atoms with Crippen LogP contribution < -0.4 is 5.32 Å². The number of Topliss-reactive ketones (excluding diaryl/α,β-unsaturated/α-hetero) is 1. The molecule has 1 amide bonds. The van der Waals surface area contributed by atoms with E-state index in [0.717, 1.165) is 64.2 Å². The Morgan fingerprint density at radius 1 is 0.807 bits per heavy atom. The van der Waals surface area contributed by atoms with E-state index >= 15 is 0 Å². The van der Waals surface area contributed by atoms with Gasteiger partial charge >= 0.3 is 0 Å². The van der Waals surface area contributed by atoms with Crippen LogP contribution in [0.4, 0.5) is 0 Å². The molecule has 2 heterocycles. The lowest BCUT2D eigenvalue weighted by Crippen LogP contribution is -2.64. The van der Waals surface area contributed by atoms with Crippen molar-refractivity contribution in [1.29, 1.82) is 0 Å². The number of ketones is 1. The molecular formula is C43H73NO13. The maximum Gasteiger partial charge on any atom is 0.219 e. The Morgan fingerprint density at radius 3 is 2.19 bits per heavy atom. The van der Waals surface area contributed by atoms with E-state index in [1.165, 1.54) is 6.92 Å². The number of amides is 1. The molecule has 0 aromatic rings. The van der Waals surface area contributed by atoms with Crippen molar-refractivity contribution in [3.05, 3.63) is 0 Å². The molecule has 0 aromatic carbocycles. The van der Waals surface area contributed by atoms with Crippen molar-refractivity contribution in [3.8, 4) is 0 Å².